The summed E-state index contributed by atoms with van der Waals surface area (Å²) in [5.74, 6) is 0. The molecule has 1 aliphatic heterocycles. The van der Waals surface area contributed by atoms with E-state index in [1.54, 1.807) is 4.90 Å². The molecule has 0 radical (unpaired) electrons. The molecule has 2 rings (SSSR count). The van der Waals surface area contributed by atoms with Crippen LogP contribution in [0.5, 0.6) is 0 Å². The second kappa shape index (κ2) is 5.44. The van der Waals surface area contributed by atoms with E-state index in [4.69, 9.17) is 10.5 Å². The highest BCUT2D eigenvalue weighted by atomic mass is 16.6. The number of benzene rings is 1. The van der Waals surface area contributed by atoms with Crippen molar-refractivity contribution in [3.05, 3.63) is 34.9 Å². The Morgan fingerprint density at radius 1 is 1.45 bits per heavy atom. The third kappa shape index (κ3) is 2.96. The molecule has 1 unspecified atom stereocenters. The van der Waals surface area contributed by atoms with Crippen LogP contribution < -0.4 is 5.73 Å². The third-order valence-electron chi connectivity index (χ3n) is 3.68. The first-order valence-electron chi connectivity index (χ1n) is 7.14. The molecule has 4 nitrogen and oxygen atoms in total. The Morgan fingerprint density at radius 3 is 2.75 bits per heavy atom. The van der Waals surface area contributed by atoms with Crippen molar-refractivity contribution in [2.24, 2.45) is 5.73 Å². The lowest BCUT2D eigenvalue weighted by atomic mass is 9.90. The maximum absolute atomic E-state index is 12.3. The molecule has 20 heavy (non-hydrogen) atoms. The van der Waals surface area contributed by atoms with Gasteiger partial charge in [0.1, 0.15) is 5.60 Å². The van der Waals surface area contributed by atoms with E-state index in [9.17, 15) is 4.79 Å². The minimum atomic E-state index is -0.462. The van der Waals surface area contributed by atoms with Crippen LogP contribution in [0, 0.1) is 0 Å². The van der Waals surface area contributed by atoms with Gasteiger partial charge < -0.3 is 15.4 Å². The van der Waals surface area contributed by atoms with Gasteiger partial charge in [-0.15, -0.1) is 0 Å². The van der Waals surface area contributed by atoms with Crippen LogP contribution in [0.2, 0.25) is 0 Å². The predicted molar refractivity (Wildman–Crippen MR) is 79.4 cm³/mol. The molecule has 0 aromatic heterocycles. The fraction of sp³-hybridized carbons (Fsp3) is 0.562. The highest BCUT2D eigenvalue weighted by Crippen LogP contribution is 2.32. The van der Waals surface area contributed by atoms with Crippen LogP contribution in [0.15, 0.2) is 18.2 Å². The van der Waals surface area contributed by atoms with Gasteiger partial charge in [-0.05, 0) is 50.8 Å². The Morgan fingerprint density at radius 2 is 2.15 bits per heavy atom. The molecule has 0 saturated carbocycles. The summed E-state index contributed by atoms with van der Waals surface area (Å²) in [5.41, 5.74) is 8.99. The van der Waals surface area contributed by atoms with Crippen molar-refractivity contribution in [1.82, 2.24) is 4.90 Å². The Kier molecular flexibility index (Phi) is 4.04. The fourth-order valence-corrected chi connectivity index (χ4v) is 2.71. The first-order valence-corrected chi connectivity index (χ1v) is 7.14. The molecule has 1 aromatic rings. The topological polar surface area (TPSA) is 55.6 Å². The van der Waals surface area contributed by atoms with Gasteiger partial charge in [0.05, 0.1) is 6.04 Å². The molecular weight excluding hydrogens is 252 g/mol. The van der Waals surface area contributed by atoms with E-state index in [1.807, 2.05) is 33.8 Å². The van der Waals surface area contributed by atoms with Crippen molar-refractivity contribution in [2.75, 3.05) is 6.54 Å². The Balaban J connectivity index is 2.24. The summed E-state index contributed by atoms with van der Waals surface area (Å²) < 4.78 is 5.48. The number of carbonyl (C=O) groups excluding carboxylic acids is 1. The zero-order valence-electron chi connectivity index (χ0n) is 12.8. The van der Waals surface area contributed by atoms with E-state index in [2.05, 4.69) is 12.1 Å². The van der Waals surface area contributed by atoms with E-state index in [0.717, 1.165) is 6.42 Å². The summed E-state index contributed by atoms with van der Waals surface area (Å²) in [5, 5.41) is 0. The summed E-state index contributed by atoms with van der Waals surface area (Å²) in [6.45, 7) is 8.94. The van der Waals surface area contributed by atoms with Gasteiger partial charge in [0, 0.05) is 13.1 Å². The highest BCUT2D eigenvalue weighted by Gasteiger charge is 2.31. The number of fused-ring (bicyclic) bond motifs is 1. The minimum absolute atomic E-state index is 0.0279. The average Bonchev–Trinajstić information content (AvgIpc) is 2.36. The van der Waals surface area contributed by atoms with Crippen molar-refractivity contribution in [2.45, 2.75) is 52.3 Å². The normalized spacial score (nSPS) is 18.6. The number of nitrogens with two attached hydrogens (primary N) is 1. The van der Waals surface area contributed by atoms with Crippen LogP contribution in [-0.2, 0) is 17.7 Å². The maximum Gasteiger partial charge on any atom is 0.410 e. The quantitative estimate of drug-likeness (QED) is 0.858. The summed E-state index contributed by atoms with van der Waals surface area (Å²) in [6, 6.07) is 6.18. The second-order valence-corrected chi connectivity index (χ2v) is 6.29. The molecule has 0 saturated heterocycles. The maximum atomic E-state index is 12.3. The fourth-order valence-electron chi connectivity index (χ4n) is 2.71. The summed E-state index contributed by atoms with van der Waals surface area (Å²) in [4.78, 5) is 14.1. The standard InChI is InChI=1S/C16H24N2O2/c1-11-13-7-5-6-12(10-17)14(13)8-9-18(11)15(19)20-16(2,3)4/h5-7,11H,8-10,17H2,1-4H3. The molecule has 0 fully saturated rings. The van der Waals surface area contributed by atoms with Crippen LogP contribution in [-0.4, -0.2) is 23.1 Å². The van der Waals surface area contributed by atoms with Crippen molar-refractivity contribution >= 4 is 6.09 Å². The van der Waals surface area contributed by atoms with Gasteiger partial charge >= 0.3 is 6.09 Å². The van der Waals surface area contributed by atoms with Gasteiger partial charge in [0.15, 0.2) is 0 Å². The number of hydrogen-bond acceptors (Lipinski definition) is 3. The molecule has 0 spiro atoms. The van der Waals surface area contributed by atoms with Crippen molar-refractivity contribution < 1.29 is 9.53 Å². The lowest BCUT2D eigenvalue weighted by Gasteiger charge is -2.37. The second-order valence-electron chi connectivity index (χ2n) is 6.29. The minimum Gasteiger partial charge on any atom is -0.444 e. The highest BCUT2D eigenvalue weighted by molar-refractivity contribution is 5.69. The molecule has 0 aliphatic carbocycles. The predicted octanol–water partition coefficient (Wildman–Crippen LogP) is 3.00. The average molecular weight is 276 g/mol. The number of nitrogens with zero attached hydrogens (tertiary/aromatic N) is 1. The van der Waals surface area contributed by atoms with Crippen LogP contribution >= 0.6 is 0 Å². The third-order valence-corrected chi connectivity index (χ3v) is 3.68. The van der Waals surface area contributed by atoms with Gasteiger partial charge in [0.25, 0.3) is 0 Å². The molecule has 1 heterocycles. The lowest BCUT2D eigenvalue weighted by molar-refractivity contribution is 0.0159. The van der Waals surface area contributed by atoms with E-state index in [-0.39, 0.29) is 12.1 Å². The molecule has 1 aromatic carbocycles. The molecule has 1 atom stereocenters. The van der Waals surface area contributed by atoms with Crippen LogP contribution in [0.25, 0.3) is 0 Å². The monoisotopic (exact) mass is 276 g/mol. The number of carbonyl (C=O) groups is 1. The van der Waals surface area contributed by atoms with Gasteiger partial charge in [-0.1, -0.05) is 18.2 Å². The van der Waals surface area contributed by atoms with E-state index in [0.29, 0.717) is 13.1 Å². The Labute approximate surface area is 120 Å². The molecular formula is C16H24N2O2. The molecule has 1 amide bonds. The van der Waals surface area contributed by atoms with Crippen molar-refractivity contribution in [3.63, 3.8) is 0 Å². The largest absolute Gasteiger partial charge is 0.444 e. The number of amides is 1. The Bertz CT molecular complexity index is 506. The summed E-state index contributed by atoms with van der Waals surface area (Å²) in [7, 11) is 0. The summed E-state index contributed by atoms with van der Waals surface area (Å²) in [6.07, 6.45) is 0.598. The first-order chi connectivity index (χ1) is 9.33. The number of rotatable bonds is 1. The number of ether oxygens (including phenoxy) is 1. The van der Waals surface area contributed by atoms with Gasteiger partial charge in [-0.2, -0.15) is 0 Å². The van der Waals surface area contributed by atoms with Crippen molar-refractivity contribution in [1.29, 1.82) is 0 Å². The first kappa shape index (κ1) is 14.9. The lowest BCUT2D eigenvalue weighted by Crippen LogP contribution is -2.42. The molecule has 110 valence electrons. The SMILES string of the molecule is CC1c2cccc(CN)c2CCN1C(=O)OC(C)(C)C. The van der Waals surface area contributed by atoms with E-state index >= 15 is 0 Å². The van der Waals surface area contributed by atoms with Crippen LogP contribution in [0.4, 0.5) is 4.79 Å². The van der Waals surface area contributed by atoms with Gasteiger partial charge in [-0.3, -0.25) is 0 Å². The zero-order chi connectivity index (χ0) is 14.9. The Hall–Kier alpha value is -1.55. The molecule has 1 aliphatic rings. The van der Waals surface area contributed by atoms with Gasteiger partial charge in [-0.25, -0.2) is 4.79 Å². The zero-order valence-corrected chi connectivity index (χ0v) is 12.8. The smallest absolute Gasteiger partial charge is 0.410 e. The summed E-state index contributed by atoms with van der Waals surface area (Å²) >= 11 is 0. The molecule has 0 bridgehead atoms. The van der Waals surface area contributed by atoms with E-state index in [1.165, 1.54) is 16.7 Å². The van der Waals surface area contributed by atoms with Gasteiger partial charge in [0.2, 0.25) is 0 Å². The van der Waals surface area contributed by atoms with E-state index < -0.39 is 5.60 Å². The number of hydrogen-bond donors (Lipinski definition) is 1. The van der Waals surface area contributed by atoms with Crippen molar-refractivity contribution in [3.8, 4) is 0 Å². The van der Waals surface area contributed by atoms with Crippen LogP contribution in [0.3, 0.4) is 0 Å². The van der Waals surface area contributed by atoms with Crippen LogP contribution in [0.1, 0.15) is 50.4 Å². The molecule has 4 heteroatoms. The molecule has 2 N–H and O–H groups in total.